The average Bonchev–Trinajstić information content (AvgIpc) is 3.31. The lowest BCUT2D eigenvalue weighted by Crippen LogP contribution is -2.29. The zero-order chi connectivity index (χ0) is 23.1. The number of pyridine rings is 1. The molecule has 2 aromatic heterocycles. The molecular weight excluding hydrogens is 492 g/mol. The first-order valence-electron chi connectivity index (χ1n) is 11.0. The molecule has 0 unspecified atom stereocenters. The van der Waals surface area contributed by atoms with Gasteiger partial charge < -0.3 is 14.8 Å². The zero-order valence-electron chi connectivity index (χ0n) is 18.8. The van der Waals surface area contributed by atoms with E-state index < -0.39 is 0 Å². The van der Waals surface area contributed by atoms with Crippen molar-refractivity contribution in [1.29, 1.82) is 0 Å². The summed E-state index contributed by atoms with van der Waals surface area (Å²) in [6.45, 7) is 6.53. The molecule has 1 N–H and O–H groups in total. The third-order valence-corrected chi connectivity index (χ3v) is 7.19. The highest BCUT2D eigenvalue weighted by Gasteiger charge is 2.42. The van der Waals surface area contributed by atoms with E-state index >= 15 is 0 Å². The summed E-state index contributed by atoms with van der Waals surface area (Å²) in [6.07, 6.45) is 1.84. The largest absolute Gasteiger partial charge is 0.351 e. The lowest BCUT2D eigenvalue weighted by molar-refractivity contribution is 0.565. The molecule has 166 valence electrons. The molecule has 3 heterocycles. The number of aromatic nitrogens is 2. The maximum Gasteiger partial charge on any atom is 0.174 e. The molecule has 0 spiro atoms. The first kappa shape index (κ1) is 21.9. The second-order valence-electron chi connectivity index (χ2n) is 8.42. The Hall–Kier alpha value is -2.96. The van der Waals surface area contributed by atoms with E-state index in [1.807, 2.05) is 18.3 Å². The van der Waals surface area contributed by atoms with Crippen molar-refractivity contribution in [3.8, 4) is 5.69 Å². The van der Waals surface area contributed by atoms with Crippen LogP contribution in [0.3, 0.4) is 0 Å². The molecule has 0 radical (unpaired) electrons. The van der Waals surface area contributed by atoms with Crippen molar-refractivity contribution in [2.75, 3.05) is 4.90 Å². The van der Waals surface area contributed by atoms with Gasteiger partial charge in [-0.15, -0.1) is 0 Å². The van der Waals surface area contributed by atoms with Crippen LogP contribution < -0.4 is 10.2 Å². The third-order valence-electron chi connectivity index (χ3n) is 6.35. The van der Waals surface area contributed by atoms with Gasteiger partial charge in [-0.3, -0.25) is 4.98 Å². The predicted octanol–water partition coefficient (Wildman–Crippen LogP) is 6.74. The van der Waals surface area contributed by atoms with Gasteiger partial charge in [-0.1, -0.05) is 40.2 Å². The van der Waals surface area contributed by atoms with Crippen LogP contribution in [0.25, 0.3) is 5.69 Å². The molecule has 1 aliphatic rings. The molecule has 0 bridgehead atoms. The maximum atomic E-state index is 5.88. The molecule has 1 fully saturated rings. The number of thiocarbonyl (C=S) groups is 1. The van der Waals surface area contributed by atoms with Crippen molar-refractivity contribution < 1.29 is 0 Å². The van der Waals surface area contributed by atoms with E-state index in [2.05, 4.69) is 117 Å². The summed E-state index contributed by atoms with van der Waals surface area (Å²) in [5, 5.41) is 4.27. The molecule has 4 aromatic rings. The number of nitrogens with zero attached hydrogens (tertiary/aromatic N) is 3. The molecule has 1 saturated heterocycles. The van der Waals surface area contributed by atoms with E-state index in [0.717, 1.165) is 15.9 Å². The molecule has 4 nitrogen and oxygen atoms in total. The van der Waals surface area contributed by atoms with Gasteiger partial charge in [0.25, 0.3) is 0 Å². The van der Waals surface area contributed by atoms with Crippen molar-refractivity contribution in [3.05, 3.63) is 112 Å². The topological polar surface area (TPSA) is 33.1 Å². The van der Waals surface area contributed by atoms with Crippen LogP contribution in [0, 0.1) is 20.8 Å². The summed E-state index contributed by atoms with van der Waals surface area (Å²) in [4.78, 5) is 6.91. The van der Waals surface area contributed by atoms with Crippen molar-refractivity contribution >= 4 is 38.9 Å². The van der Waals surface area contributed by atoms with Gasteiger partial charge in [-0.2, -0.15) is 0 Å². The van der Waals surface area contributed by atoms with E-state index in [1.54, 1.807) is 0 Å². The monoisotopic (exact) mass is 516 g/mol. The number of nitrogens with one attached hydrogen (secondary N) is 1. The van der Waals surface area contributed by atoms with Crippen LogP contribution in [-0.2, 0) is 0 Å². The number of rotatable bonds is 4. The van der Waals surface area contributed by atoms with Gasteiger partial charge in [0.1, 0.15) is 0 Å². The van der Waals surface area contributed by atoms with Crippen molar-refractivity contribution in [2.24, 2.45) is 0 Å². The molecule has 0 aliphatic carbocycles. The zero-order valence-corrected chi connectivity index (χ0v) is 21.2. The smallest absolute Gasteiger partial charge is 0.174 e. The predicted molar refractivity (Wildman–Crippen MR) is 142 cm³/mol. The van der Waals surface area contributed by atoms with Gasteiger partial charge in [0, 0.05) is 33.4 Å². The number of hydrogen-bond donors (Lipinski definition) is 1. The fourth-order valence-corrected chi connectivity index (χ4v) is 5.43. The van der Waals surface area contributed by atoms with Crippen LogP contribution in [0.1, 0.15) is 40.3 Å². The van der Waals surface area contributed by atoms with Crippen LogP contribution in [0.15, 0.2) is 83.5 Å². The summed E-state index contributed by atoms with van der Waals surface area (Å²) >= 11 is 9.43. The highest BCUT2D eigenvalue weighted by atomic mass is 79.9. The van der Waals surface area contributed by atoms with E-state index in [-0.39, 0.29) is 12.1 Å². The second kappa shape index (κ2) is 8.76. The van der Waals surface area contributed by atoms with Crippen molar-refractivity contribution in [2.45, 2.75) is 32.9 Å². The van der Waals surface area contributed by atoms with Gasteiger partial charge in [-0.05, 0) is 92.6 Å². The number of benzene rings is 2. The Morgan fingerprint density at radius 3 is 2.36 bits per heavy atom. The van der Waals surface area contributed by atoms with Crippen LogP contribution in [0.5, 0.6) is 0 Å². The van der Waals surface area contributed by atoms with E-state index in [4.69, 9.17) is 12.2 Å². The average molecular weight is 517 g/mol. The Morgan fingerprint density at radius 1 is 0.939 bits per heavy atom. The minimum atomic E-state index is -0.0619. The Bertz CT molecular complexity index is 1310. The summed E-state index contributed by atoms with van der Waals surface area (Å²) in [5.74, 6) is 0. The number of para-hydroxylation sites is 1. The molecule has 0 saturated carbocycles. The quantitative estimate of drug-likeness (QED) is 0.304. The standard InChI is InChI=1S/C27H25BrN4S/c1-17-8-4-5-10-24(17)31-18(2)16-22(19(31)3)26-25(23-9-6-7-15-29-23)30-27(33)32(26)21-13-11-20(28)12-14-21/h4-16,25-26H,1-3H3,(H,30,33)/t25-,26-/m0/s1. The van der Waals surface area contributed by atoms with Crippen LogP contribution in [-0.4, -0.2) is 14.7 Å². The highest BCUT2D eigenvalue weighted by molar-refractivity contribution is 9.10. The second-order valence-corrected chi connectivity index (χ2v) is 9.72. The molecule has 1 aliphatic heterocycles. The Balaban J connectivity index is 1.69. The van der Waals surface area contributed by atoms with E-state index in [0.29, 0.717) is 5.11 Å². The minimum Gasteiger partial charge on any atom is -0.351 e. The third kappa shape index (κ3) is 3.87. The molecule has 33 heavy (non-hydrogen) atoms. The van der Waals surface area contributed by atoms with Gasteiger partial charge in [0.2, 0.25) is 0 Å². The molecule has 2 aromatic carbocycles. The van der Waals surface area contributed by atoms with Crippen molar-refractivity contribution in [3.63, 3.8) is 0 Å². The molecule has 0 amide bonds. The first-order chi connectivity index (χ1) is 16.0. The van der Waals surface area contributed by atoms with E-state index in [9.17, 15) is 0 Å². The van der Waals surface area contributed by atoms with Gasteiger partial charge in [-0.25, -0.2) is 0 Å². The minimum absolute atomic E-state index is 0.0301. The fourth-order valence-electron chi connectivity index (χ4n) is 4.82. The van der Waals surface area contributed by atoms with Crippen molar-refractivity contribution in [1.82, 2.24) is 14.9 Å². The van der Waals surface area contributed by atoms with Crippen LogP contribution in [0.2, 0.25) is 0 Å². The molecule has 6 heteroatoms. The lowest BCUT2D eigenvalue weighted by atomic mass is 9.96. The summed E-state index contributed by atoms with van der Waals surface area (Å²) < 4.78 is 3.39. The Morgan fingerprint density at radius 2 is 1.67 bits per heavy atom. The number of halogens is 1. The fraction of sp³-hybridized carbons (Fsp3) is 0.185. The van der Waals surface area contributed by atoms with Gasteiger partial charge in [0.05, 0.1) is 17.8 Å². The Labute approximate surface area is 208 Å². The highest BCUT2D eigenvalue weighted by Crippen LogP contribution is 2.44. The van der Waals surface area contributed by atoms with Crippen LogP contribution in [0.4, 0.5) is 5.69 Å². The number of anilines is 1. The first-order valence-corrected chi connectivity index (χ1v) is 12.2. The van der Waals surface area contributed by atoms with Gasteiger partial charge in [0.15, 0.2) is 5.11 Å². The van der Waals surface area contributed by atoms with Crippen LogP contribution >= 0.6 is 28.1 Å². The molecule has 5 rings (SSSR count). The summed E-state index contributed by atoms with van der Waals surface area (Å²) in [5.41, 5.74) is 8.13. The summed E-state index contributed by atoms with van der Waals surface area (Å²) in [6, 6.07) is 25.1. The number of hydrogen-bond acceptors (Lipinski definition) is 2. The molecule has 2 atom stereocenters. The maximum absolute atomic E-state index is 5.88. The lowest BCUT2D eigenvalue weighted by Gasteiger charge is -2.28. The van der Waals surface area contributed by atoms with E-state index in [1.165, 1.54) is 28.2 Å². The Kier molecular flexibility index (Phi) is 5.81. The normalized spacial score (nSPS) is 17.9. The molecular formula is C27H25BrN4S. The summed E-state index contributed by atoms with van der Waals surface area (Å²) in [7, 11) is 0. The number of aryl methyl sites for hydroxylation is 2. The van der Waals surface area contributed by atoms with Gasteiger partial charge >= 0.3 is 0 Å². The SMILES string of the molecule is Cc1ccccc1-n1c(C)cc([C@H]2[C@H](c3ccccn3)NC(=S)N2c2ccc(Br)cc2)c1C.